The molecule has 28 heavy (non-hydrogen) atoms. The van der Waals surface area contributed by atoms with E-state index in [0.717, 1.165) is 0 Å². The first kappa shape index (κ1) is 20.0. The molecule has 3 rings (SSSR count). The molecule has 0 saturated carbocycles. The molecular formula is C20H20FN3O3S. The number of amides is 1. The molecule has 8 heteroatoms. The van der Waals surface area contributed by atoms with Gasteiger partial charge in [-0.05, 0) is 43.3 Å². The van der Waals surface area contributed by atoms with E-state index in [-0.39, 0.29) is 17.3 Å². The second kappa shape index (κ2) is 8.99. The number of hydrogen-bond acceptors (Lipinski definition) is 5. The van der Waals surface area contributed by atoms with Gasteiger partial charge in [-0.1, -0.05) is 23.9 Å². The predicted octanol–water partition coefficient (Wildman–Crippen LogP) is 3.30. The van der Waals surface area contributed by atoms with Crippen LogP contribution < -0.4 is 10.9 Å². The molecule has 0 saturated heterocycles. The number of nitrogens with one attached hydrogen (secondary N) is 1. The molecule has 0 spiro atoms. The Balaban J connectivity index is 1.86. The Kier molecular flexibility index (Phi) is 6.43. The van der Waals surface area contributed by atoms with Crippen LogP contribution in [0.3, 0.4) is 0 Å². The monoisotopic (exact) mass is 401 g/mol. The Morgan fingerprint density at radius 2 is 1.96 bits per heavy atom. The van der Waals surface area contributed by atoms with E-state index < -0.39 is 5.25 Å². The van der Waals surface area contributed by atoms with Crippen LogP contribution >= 0.6 is 11.8 Å². The van der Waals surface area contributed by atoms with E-state index in [1.165, 1.54) is 40.6 Å². The van der Waals surface area contributed by atoms with Crippen molar-refractivity contribution in [1.82, 2.24) is 9.55 Å². The molecule has 146 valence electrons. The second-order valence-electron chi connectivity index (χ2n) is 6.12. The zero-order valence-electron chi connectivity index (χ0n) is 15.5. The zero-order valence-corrected chi connectivity index (χ0v) is 16.3. The average Bonchev–Trinajstić information content (AvgIpc) is 2.69. The van der Waals surface area contributed by atoms with Crippen LogP contribution in [-0.2, 0) is 16.1 Å². The van der Waals surface area contributed by atoms with Gasteiger partial charge in [-0.15, -0.1) is 0 Å². The summed E-state index contributed by atoms with van der Waals surface area (Å²) in [4.78, 5) is 29.9. The number of fused-ring (bicyclic) bond motifs is 1. The topological polar surface area (TPSA) is 73.2 Å². The highest BCUT2D eigenvalue weighted by molar-refractivity contribution is 8.00. The molecule has 0 unspecified atom stereocenters. The van der Waals surface area contributed by atoms with Crippen molar-refractivity contribution >= 4 is 34.3 Å². The molecule has 0 bridgehead atoms. The first-order valence-electron chi connectivity index (χ1n) is 8.71. The van der Waals surface area contributed by atoms with Gasteiger partial charge in [0.05, 0.1) is 29.3 Å². The summed E-state index contributed by atoms with van der Waals surface area (Å²) in [6.45, 7) is 2.41. The highest BCUT2D eigenvalue weighted by Gasteiger charge is 2.19. The van der Waals surface area contributed by atoms with E-state index >= 15 is 0 Å². The molecule has 1 aromatic heterocycles. The number of para-hydroxylation sites is 1. The van der Waals surface area contributed by atoms with E-state index in [2.05, 4.69) is 10.3 Å². The third-order valence-electron chi connectivity index (χ3n) is 4.11. The van der Waals surface area contributed by atoms with E-state index in [1.54, 1.807) is 32.2 Å². The minimum Gasteiger partial charge on any atom is -0.383 e. The smallest absolute Gasteiger partial charge is 0.262 e. The van der Waals surface area contributed by atoms with E-state index in [0.29, 0.717) is 34.9 Å². The van der Waals surface area contributed by atoms with Crippen LogP contribution in [-0.4, -0.2) is 34.4 Å². The Hall–Kier alpha value is -2.71. The number of halogens is 1. The number of benzene rings is 2. The number of carbonyl (C=O) groups is 1. The van der Waals surface area contributed by atoms with Gasteiger partial charge in [0.1, 0.15) is 5.82 Å². The summed E-state index contributed by atoms with van der Waals surface area (Å²) in [5.74, 6) is -0.639. The van der Waals surface area contributed by atoms with Gasteiger partial charge in [0.25, 0.3) is 5.56 Å². The average molecular weight is 401 g/mol. The number of aromatic nitrogens is 2. The largest absolute Gasteiger partial charge is 0.383 e. The molecule has 1 amide bonds. The fourth-order valence-electron chi connectivity index (χ4n) is 2.61. The van der Waals surface area contributed by atoms with Crippen LogP contribution in [0.15, 0.2) is 58.5 Å². The predicted molar refractivity (Wildman–Crippen MR) is 108 cm³/mol. The summed E-state index contributed by atoms with van der Waals surface area (Å²) in [6, 6.07) is 12.6. The number of ether oxygens (including phenoxy) is 1. The standard InChI is InChI=1S/C20H20FN3O3S/c1-13(18(25)22-15-9-7-14(21)8-10-15)28-20-23-17-6-4-3-5-16(17)19(26)24(20)11-12-27-2/h3-10,13H,11-12H2,1-2H3,(H,22,25)/t13-/m1/s1. The molecule has 1 N–H and O–H groups in total. The first-order valence-corrected chi connectivity index (χ1v) is 9.59. The summed E-state index contributed by atoms with van der Waals surface area (Å²) in [5, 5.41) is 3.18. The van der Waals surface area contributed by atoms with Gasteiger partial charge in [0.15, 0.2) is 5.16 Å². The molecule has 2 aromatic carbocycles. The Morgan fingerprint density at radius 1 is 1.25 bits per heavy atom. The molecule has 1 heterocycles. The van der Waals surface area contributed by atoms with Crippen molar-refractivity contribution in [2.75, 3.05) is 19.0 Å². The Morgan fingerprint density at radius 3 is 2.68 bits per heavy atom. The molecule has 1 atom stereocenters. The van der Waals surface area contributed by atoms with Gasteiger partial charge in [-0.25, -0.2) is 9.37 Å². The lowest BCUT2D eigenvalue weighted by Crippen LogP contribution is -2.28. The van der Waals surface area contributed by atoms with Crippen LogP contribution in [0.4, 0.5) is 10.1 Å². The highest BCUT2D eigenvalue weighted by Crippen LogP contribution is 2.23. The van der Waals surface area contributed by atoms with E-state index in [1.807, 2.05) is 6.07 Å². The normalized spacial score (nSPS) is 12.1. The Bertz CT molecular complexity index is 1040. The van der Waals surface area contributed by atoms with Gasteiger partial charge in [0, 0.05) is 12.8 Å². The number of hydrogen-bond donors (Lipinski definition) is 1. The quantitative estimate of drug-likeness (QED) is 0.486. The van der Waals surface area contributed by atoms with Crippen LogP contribution in [0.2, 0.25) is 0 Å². The van der Waals surface area contributed by atoms with Gasteiger partial charge in [0.2, 0.25) is 5.91 Å². The zero-order chi connectivity index (χ0) is 20.1. The number of methoxy groups -OCH3 is 1. The van der Waals surface area contributed by atoms with Crippen molar-refractivity contribution in [3.63, 3.8) is 0 Å². The van der Waals surface area contributed by atoms with Gasteiger partial charge < -0.3 is 10.1 Å². The van der Waals surface area contributed by atoms with Crippen LogP contribution in [0.25, 0.3) is 10.9 Å². The SMILES string of the molecule is COCCn1c(S[C@H](C)C(=O)Nc2ccc(F)cc2)nc2ccccc2c1=O. The van der Waals surface area contributed by atoms with Crippen molar-refractivity contribution in [2.24, 2.45) is 0 Å². The molecule has 0 aliphatic rings. The third-order valence-corrected chi connectivity index (χ3v) is 5.20. The highest BCUT2D eigenvalue weighted by atomic mass is 32.2. The van der Waals surface area contributed by atoms with Gasteiger partial charge in [-0.3, -0.25) is 14.2 Å². The molecule has 0 radical (unpaired) electrons. The van der Waals surface area contributed by atoms with Gasteiger partial charge >= 0.3 is 0 Å². The summed E-state index contributed by atoms with van der Waals surface area (Å²) < 4.78 is 19.6. The lowest BCUT2D eigenvalue weighted by Gasteiger charge is -2.16. The molecule has 6 nitrogen and oxygen atoms in total. The molecule has 0 aliphatic heterocycles. The van der Waals surface area contributed by atoms with Crippen LogP contribution in [0, 0.1) is 5.82 Å². The molecule has 0 fully saturated rings. The Labute approximate surface area is 165 Å². The summed E-state index contributed by atoms with van der Waals surface area (Å²) >= 11 is 1.19. The maximum atomic E-state index is 13.0. The molecule has 0 aliphatic carbocycles. The maximum Gasteiger partial charge on any atom is 0.262 e. The number of carbonyl (C=O) groups excluding carboxylic acids is 1. The van der Waals surface area contributed by atoms with Gasteiger partial charge in [-0.2, -0.15) is 0 Å². The number of thioether (sulfide) groups is 1. The van der Waals surface area contributed by atoms with E-state index in [9.17, 15) is 14.0 Å². The molecule has 3 aromatic rings. The van der Waals surface area contributed by atoms with Crippen molar-refractivity contribution in [1.29, 1.82) is 0 Å². The number of nitrogens with zero attached hydrogens (tertiary/aromatic N) is 2. The van der Waals surface area contributed by atoms with E-state index in [4.69, 9.17) is 4.74 Å². The minimum atomic E-state index is -0.521. The third kappa shape index (κ3) is 4.58. The summed E-state index contributed by atoms with van der Waals surface area (Å²) in [7, 11) is 1.56. The van der Waals surface area contributed by atoms with Crippen molar-refractivity contribution < 1.29 is 13.9 Å². The van der Waals surface area contributed by atoms with Crippen LogP contribution in [0.5, 0.6) is 0 Å². The lowest BCUT2D eigenvalue weighted by molar-refractivity contribution is -0.115. The van der Waals surface area contributed by atoms with Crippen molar-refractivity contribution in [2.45, 2.75) is 23.9 Å². The minimum absolute atomic E-state index is 0.170. The number of anilines is 1. The summed E-state index contributed by atoms with van der Waals surface area (Å²) in [6.07, 6.45) is 0. The van der Waals surface area contributed by atoms with Crippen LogP contribution in [0.1, 0.15) is 6.92 Å². The number of rotatable bonds is 7. The second-order valence-corrected chi connectivity index (χ2v) is 7.43. The molecular weight excluding hydrogens is 381 g/mol. The van der Waals surface area contributed by atoms with Crippen molar-refractivity contribution in [3.8, 4) is 0 Å². The fraction of sp³-hybridized carbons (Fsp3) is 0.250. The summed E-state index contributed by atoms with van der Waals surface area (Å²) in [5.41, 5.74) is 0.910. The lowest BCUT2D eigenvalue weighted by atomic mass is 10.2. The van der Waals surface area contributed by atoms with Crippen molar-refractivity contribution in [3.05, 3.63) is 64.7 Å². The first-order chi connectivity index (χ1) is 13.5. The maximum absolute atomic E-state index is 13.0. The fourth-order valence-corrected chi connectivity index (χ4v) is 3.54.